The molecule has 2 fully saturated rings. The molecular formula is C16H27NO3. The van der Waals surface area contributed by atoms with Gasteiger partial charge in [0, 0.05) is 25.9 Å². The number of amides is 1. The third-order valence-electron chi connectivity index (χ3n) is 5.38. The molecule has 2 bridgehead atoms. The predicted molar refractivity (Wildman–Crippen MR) is 77.1 cm³/mol. The van der Waals surface area contributed by atoms with Crippen LogP contribution < -0.4 is 0 Å². The molecule has 4 heteroatoms. The molecule has 2 saturated carbocycles. The number of aliphatic hydroxyl groups is 1. The van der Waals surface area contributed by atoms with Gasteiger partial charge in [0.25, 0.3) is 0 Å². The molecule has 0 aromatic heterocycles. The van der Waals surface area contributed by atoms with E-state index >= 15 is 0 Å². The lowest BCUT2D eigenvalue weighted by Gasteiger charge is -2.33. The predicted octanol–water partition coefficient (Wildman–Crippen LogP) is 1.86. The summed E-state index contributed by atoms with van der Waals surface area (Å²) in [6.07, 6.45) is 4.56. The molecule has 20 heavy (non-hydrogen) atoms. The highest BCUT2D eigenvalue weighted by atomic mass is 16.3. The lowest BCUT2D eigenvalue weighted by molar-refractivity contribution is -0.134. The smallest absolute Gasteiger partial charge is 0.223 e. The van der Waals surface area contributed by atoms with Crippen molar-refractivity contribution in [2.24, 2.45) is 23.7 Å². The number of carbonyl (C=O) groups is 2. The van der Waals surface area contributed by atoms with E-state index in [-0.39, 0.29) is 24.7 Å². The molecule has 0 spiro atoms. The van der Waals surface area contributed by atoms with Crippen LogP contribution in [0.4, 0.5) is 0 Å². The number of Topliss-reactive ketones (excluding diaryl/α,β-unsaturated/α-hetero) is 1. The van der Waals surface area contributed by atoms with Crippen molar-refractivity contribution in [1.29, 1.82) is 0 Å². The van der Waals surface area contributed by atoms with Crippen LogP contribution in [0.2, 0.25) is 0 Å². The molecule has 1 N–H and O–H groups in total. The fourth-order valence-corrected chi connectivity index (χ4v) is 4.15. The molecule has 0 aliphatic heterocycles. The van der Waals surface area contributed by atoms with Crippen LogP contribution in [-0.4, -0.2) is 41.4 Å². The summed E-state index contributed by atoms with van der Waals surface area (Å²) in [5, 5.41) is 9.17. The van der Waals surface area contributed by atoms with Crippen molar-refractivity contribution < 1.29 is 14.7 Å². The molecule has 0 radical (unpaired) electrons. The van der Waals surface area contributed by atoms with E-state index in [0.29, 0.717) is 24.8 Å². The Bertz CT molecular complexity index is 367. The van der Waals surface area contributed by atoms with Crippen molar-refractivity contribution in [2.75, 3.05) is 19.7 Å². The van der Waals surface area contributed by atoms with E-state index in [0.717, 1.165) is 18.4 Å². The van der Waals surface area contributed by atoms with Crippen molar-refractivity contribution >= 4 is 11.7 Å². The van der Waals surface area contributed by atoms with Gasteiger partial charge in [-0.15, -0.1) is 0 Å². The van der Waals surface area contributed by atoms with Gasteiger partial charge >= 0.3 is 0 Å². The maximum atomic E-state index is 12.2. The van der Waals surface area contributed by atoms with Gasteiger partial charge in [-0.3, -0.25) is 4.79 Å². The van der Waals surface area contributed by atoms with Crippen molar-refractivity contribution in [3.8, 4) is 0 Å². The van der Waals surface area contributed by atoms with Crippen LogP contribution in [0.5, 0.6) is 0 Å². The van der Waals surface area contributed by atoms with Crippen LogP contribution in [-0.2, 0) is 9.59 Å². The fraction of sp³-hybridized carbons (Fsp3) is 0.875. The summed E-state index contributed by atoms with van der Waals surface area (Å²) in [5.41, 5.74) is 0. The first kappa shape index (κ1) is 15.5. The largest absolute Gasteiger partial charge is 0.395 e. The topological polar surface area (TPSA) is 57.6 Å². The third-order valence-corrected chi connectivity index (χ3v) is 5.38. The Kier molecular flexibility index (Phi) is 5.19. The van der Waals surface area contributed by atoms with Crippen LogP contribution in [0.1, 0.15) is 46.0 Å². The van der Waals surface area contributed by atoms with Gasteiger partial charge in [-0.1, -0.05) is 6.92 Å². The minimum absolute atomic E-state index is 0.001000. The normalized spacial score (nSPS) is 31.6. The number of ketones is 1. The molecule has 2 aliphatic carbocycles. The molecule has 4 nitrogen and oxygen atoms in total. The minimum Gasteiger partial charge on any atom is -0.395 e. The Morgan fingerprint density at radius 3 is 2.45 bits per heavy atom. The molecule has 1 amide bonds. The highest BCUT2D eigenvalue weighted by molar-refractivity contribution is 5.83. The molecule has 114 valence electrons. The maximum Gasteiger partial charge on any atom is 0.223 e. The number of fused-ring (bicyclic) bond motifs is 2. The van der Waals surface area contributed by atoms with E-state index < -0.39 is 0 Å². The van der Waals surface area contributed by atoms with Crippen LogP contribution in [0.15, 0.2) is 0 Å². The van der Waals surface area contributed by atoms with E-state index in [1.54, 1.807) is 4.90 Å². The SMILES string of the molecule is CC(=O)CCC(=O)N(CCO)CC1C2CCC(C2)C1C. The number of hydrogen-bond acceptors (Lipinski definition) is 3. The molecular weight excluding hydrogens is 254 g/mol. The van der Waals surface area contributed by atoms with Gasteiger partial charge in [-0.05, 0) is 49.9 Å². The lowest BCUT2D eigenvalue weighted by atomic mass is 9.80. The first-order valence-electron chi connectivity index (χ1n) is 7.91. The molecule has 0 saturated heterocycles. The zero-order valence-electron chi connectivity index (χ0n) is 12.7. The number of hydrogen-bond donors (Lipinski definition) is 1. The van der Waals surface area contributed by atoms with E-state index in [1.165, 1.54) is 26.2 Å². The van der Waals surface area contributed by atoms with Gasteiger partial charge in [-0.2, -0.15) is 0 Å². The highest BCUT2D eigenvalue weighted by Crippen LogP contribution is 2.52. The monoisotopic (exact) mass is 281 g/mol. The number of nitrogens with zero attached hydrogens (tertiary/aromatic N) is 1. The van der Waals surface area contributed by atoms with Gasteiger partial charge in [0.2, 0.25) is 5.91 Å². The Hall–Kier alpha value is -0.900. The summed E-state index contributed by atoms with van der Waals surface area (Å²) in [7, 11) is 0. The minimum atomic E-state index is 0.001000. The molecule has 0 heterocycles. The van der Waals surface area contributed by atoms with Gasteiger partial charge in [-0.25, -0.2) is 0 Å². The quantitative estimate of drug-likeness (QED) is 0.775. The van der Waals surface area contributed by atoms with Crippen LogP contribution in [0, 0.1) is 23.7 Å². The number of aliphatic hydroxyl groups excluding tert-OH is 1. The second-order valence-electron chi connectivity index (χ2n) is 6.62. The Morgan fingerprint density at radius 2 is 1.90 bits per heavy atom. The molecule has 4 unspecified atom stereocenters. The van der Waals surface area contributed by atoms with E-state index in [4.69, 9.17) is 0 Å². The summed E-state index contributed by atoms with van der Waals surface area (Å²) in [6, 6.07) is 0. The van der Waals surface area contributed by atoms with Gasteiger partial charge in [0.15, 0.2) is 0 Å². The summed E-state index contributed by atoms with van der Waals surface area (Å²) in [4.78, 5) is 25.0. The van der Waals surface area contributed by atoms with Crippen LogP contribution in [0.3, 0.4) is 0 Å². The zero-order chi connectivity index (χ0) is 14.7. The maximum absolute atomic E-state index is 12.2. The average Bonchev–Trinajstić information content (AvgIpc) is 2.98. The van der Waals surface area contributed by atoms with Gasteiger partial charge in [0.1, 0.15) is 5.78 Å². The zero-order valence-corrected chi connectivity index (χ0v) is 12.7. The summed E-state index contributed by atoms with van der Waals surface area (Å²) >= 11 is 0. The average molecular weight is 281 g/mol. The molecule has 0 aromatic carbocycles. The molecule has 0 aromatic rings. The standard InChI is InChI=1S/C16H27NO3/c1-11(19)3-6-16(20)17(7-8-18)10-15-12(2)13-4-5-14(15)9-13/h12-15,18H,3-10H2,1-2H3. The van der Waals surface area contributed by atoms with E-state index in [1.807, 2.05) is 0 Å². The molecule has 2 rings (SSSR count). The summed E-state index contributed by atoms with van der Waals surface area (Å²) < 4.78 is 0. The summed E-state index contributed by atoms with van der Waals surface area (Å²) in [6.45, 7) is 4.99. The second-order valence-corrected chi connectivity index (χ2v) is 6.62. The first-order chi connectivity index (χ1) is 9.52. The van der Waals surface area contributed by atoms with Crippen LogP contribution in [0.25, 0.3) is 0 Å². The number of rotatable bonds is 7. The Labute approximate surface area is 121 Å². The third kappa shape index (κ3) is 3.40. The molecule has 4 atom stereocenters. The van der Waals surface area contributed by atoms with Gasteiger partial charge < -0.3 is 14.8 Å². The van der Waals surface area contributed by atoms with E-state index in [2.05, 4.69) is 6.92 Å². The summed E-state index contributed by atoms with van der Waals surface area (Å²) in [5.74, 6) is 2.95. The second kappa shape index (κ2) is 6.70. The van der Waals surface area contributed by atoms with Crippen molar-refractivity contribution in [3.05, 3.63) is 0 Å². The Balaban J connectivity index is 1.91. The van der Waals surface area contributed by atoms with Crippen LogP contribution >= 0.6 is 0 Å². The molecule has 2 aliphatic rings. The highest BCUT2D eigenvalue weighted by Gasteiger charge is 2.45. The first-order valence-corrected chi connectivity index (χ1v) is 7.91. The van der Waals surface area contributed by atoms with Crippen molar-refractivity contribution in [2.45, 2.75) is 46.0 Å². The van der Waals surface area contributed by atoms with Crippen molar-refractivity contribution in [3.63, 3.8) is 0 Å². The fourth-order valence-electron chi connectivity index (χ4n) is 4.15. The number of carbonyl (C=O) groups excluding carboxylic acids is 2. The Morgan fingerprint density at radius 1 is 1.20 bits per heavy atom. The van der Waals surface area contributed by atoms with Crippen molar-refractivity contribution in [1.82, 2.24) is 4.90 Å². The lowest BCUT2D eigenvalue weighted by Crippen LogP contribution is -2.40. The van der Waals surface area contributed by atoms with E-state index in [9.17, 15) is 14.7 Å². The van der Waals surface area contributed by atoms with Gasteiger partial charge in [0.05, 0.1) is 6.61 Å².